The Balaban J connectivity index is 2.02. The molecule has 1 aromatic carbocycles. The lowest BCUT2D eigenvalue weighted by atomic mass is 10.1. The van der Waals surface area contributed by atoms with Crippen LogP contribution in [0, 0.1) is 0 Å². The molecule has 0 saturated carbocycles. The standard InChI is InChI=1S/C11H10O4/c12-10(13)11(14)15-9-5-7-3-1-2-4-8(7)6-9/h1-4,9H,5-6H2,(H,12,13). The quantitative estimate of drug-likeness (QED) is 0.544. The second-order valence-corrected chi connectivity index (χ2v) is 3.51. The van der Waals surface area contributed by atoms with E-state index in [1.165, 1.54) is 0 Å². The second-order valence-electron chi connectivity index (χ2n) is 3.51. The Bertz CT molecular complexity index is 386. The number of carbonyl (C=O) groups excluding carboxylic acids is 1. The molecule has 0 aliphatic heterocycles. The Labute approximate surface area is 86.5 Å². The maximum Gasteiger partial charge on any atom is 0.417 e. The predicted molar refractivity (Wildman–Crippen MR) is 51.4 cm³/mol. The van der Waals surface area contributed by atoms with Gasteiger partial charge < -0.3 is 9.84 Å². The number of carbonyl (C=O) groups is 2. The molecule has 4 nitrogen and oxygen atoms in total. The summed E-state index contributed by atoms with van der Waals surface area (Å²) in [6, 6.07) is 7.76. The van der Waals surface area contributed by atoms with Crippen molar-refractivity contribution in [1.29, 1.82) is 0 Å². The number of ether oxygens (including phenoxy) is 1. The largest absolute Gasteiger partial charge is 0.473 e. The lowest BCUT2D eigenvalue weighted by molar-refractivity contribution is -0.167. The molecule has 1 N–H and O–H groups in total. The number of carboxylic acid groups (broad SMARTS) is 1. The number of hydrogen-bond acceptors (Lipinski definition) is 3. The first-order chi connectivity index (χ1) is 7.16. The van der Waals surface area contributed by atoms with Gasteiger partial charge in [0.1, 0.15) is 6.10 Å². The molecule has 1 aliphatic rings. The van der Waals surface area contributed by atoms with Crippen molar-refractivity contribution in [2.75, 3.05) is 0 Å². The number of fused-ring (bicyclic) bond motifs is 1. The molecule has 0 bridgehead atoms. The van der Waals surface area contributed by atoms with Gasteiger partial charge in [-0.1, -0.05) is 24.3 Å². The zero-order chi connectivity index (χ0) is 10.8. The van der Waals surface area contributed by atoms with Crippen molar-refractivity contribution in [2.24, 2.45) is 0 Å². The summed E-state index contributed by atoms with van der Waals surface area (Å²) in [5.41, 5.74) is 2.25. The normalized spacial score (nSPS) is 14.7. The van der Waals surface area contributed by atoms with Crippen LogP contribution in [-0.2, 0) is 27.2 Å². The monoisotopic (exact) mass is 206 g/mol. The first-order valence-corrected chi connectivity index (χ1v) is 4.67. The van der Waals surface area contributed by atoms with E-state index in [1.807, 2.05) is 24.3 Å². The summed E-state index contributed by atoms with van der Waals surface area (Å²) < 4.78 is 4.82. The molecule has 0 unspecified atom stereocenters. The van der Waals surface area contributed by atoms with Gasteiger partial charge in [-0.25, -0.2) is 9.59 Å². The minimum atomic E-state index is -1.54. The van der Waals surface area contributed by atoms with Gasteiger partial charge in [0.25, 0.3) is 0 Å². The van der Waals surface area contributed by atoms with E-state index in [-0.39, 0.29) is 6.10 Å². The van der Waals surface area contributed by atoms with Gasteiger partial charge in [0.05, 0.1) is 0 Å². The summed E-state index contributed by atoms with van der Waals surface area (Å²) >= 11 is 0. The highest BCUT2D eigenvalue weighted by Crippen LogP contribution is 2.23. The summed E-state index contributed by atoms with van der Waals surface area (Å²) in [5.74, 6) is -2.71. The van der Waals surface area contributed by atoms with Crippen LogP contribution in [0.3, 0.4) is 0 Å². The molecular weight excluding hydrogens is 196 g/mol. The number of carboxylic acids is 1. The third-order valence-corrected chi connectivity index (χ3v) is 2.46. The van der Waals surface area contributed by atoms with Crippen LogP contribution in [0.1, 0.15) is 11.1 Å². The average molecular weight is 206 g/mol. The third kappa shape index (κ3) is 1.98. The van der Waals surface area contributed by atoms with Gasteiger partial charge >= 0.3 is 11.9 Å². The highest BCUT2D eigenvalue weighted by atomic mass is 16.6. The van der Waals surface area contributed by atoms with E-state index >= 15 is 0 Å². The van der Waals surface area contributed by atoms with Crippen molar-refractivity contribution in [2.45, 2.75) is 18.9 Å². The highest BCUT2D eigenvalue weighted by Gasteiger charge is 2.26. The van der Waals surface area contributed by atoms with Gasteiger partial charge in [0.2, 0.25) is 0 Å². The minimum Gasteiger partial charge on any atom is -0.473 e. The fraction of sp³-hybridized carbons (Fsp3) is 0.273. The molecule has 1 aromatic rings. The molecule has 2 rings (SSSR count). The molecule has 0 amide bonds. The Morgan fingerprint density at radius 3 is 2.20 bits per heavy atom. The molecular formula is C11H10O4. The zero-order valence-corrected chi connectivity index (χ0v) is 7.97. The molecule has 78 valence electrons. The average Bonchev–Trinajstić information content (AvgIpc) is 2.59. The van der Waals surface area contributed by atoms with E-state index in [2.05, 4.69) is 0 Å². The van der Waals surface area contributed by atoms with Gasteiger partial charge in [0, 0.05) is 12.8 Å². The molecule has 0 radical (unpaired) electrons. The summed E-state index contributed by atoms with van der Waals surface area (Å²) in [7, 11) is 0. The number of aliphatic carboxylic acids is 1. The fourth-order valence-corrected chi connectivity index (χ4v) is 1.80. The smallest absolute Gasteiger partial charge is 0.417 e. The first-order valence-electron chi connectivity index (χ1n) is 4.67. The lowest BCUT2D eigenvalue weighted by Crippen LogP contribution is -2.24. The Morgan fingerprint density at radius 2 is 1.73 bits per heavy atom. The third-order valence-electron chi connectivity index (χ3n) is 2.46. The minimum absolute atomic E-state index is 0.328. The lowest BCUT2D eigenvalue weighted by Gasteiger charge is -2.08. The van der Waals surface area contributed by atoms with Crippen LogP contribution >= 0.6 is 0 Å². The summed E-state index contributed by atoms with van der Waals surface area (Å²) in [6.07, 6.45) is 0.885. The predicted octanol–water partition coefficient (Wildman–Crippen LogP) is 0.782. The first kappa shape index (κ1) is 9.71. The van der Waals surface area contributed by atoms with Crippen molar-refractivity contribution in [3.05, 3.63) is 35.4 Å². The van der Waals surface area contributed by atoms with E-state index in [4.69, 9.17) is 9.84 Å². The number of benzene rings is 1. The molecule has 0 heterocycles. The van der Waals surface area contributed by atoms with Crippen molar-refractivity contribution in [1.82, 2.24) is 0 Å². The van der Waals surface area contributed by atoms with E-state index in [9.17, 15) is 9.59 Å². The van der Waals surface area contributed by atoms with Crippen LogP contribution in [-0.4, -0.2) is 23.1 Å². The molecule has 4 heteroatoms. The molecule has 0 fully saturated rings. The number of rotatable bonds is 1. The SMILES string of the molecule is O=C(O)C(=O)OC1Cc2ccccc2C1. The van der Waals surface area contributed by atoms with Crippen molar-refractivity contribution < 1.29 is 19.4 Å². The van der Waals surface area contributed by atoms with Gasteiger partial charge in [-0.05, 0) is 11.1 Å². The number of hydrogen-bond donors (Lipinski definition) is 1. The zero-order valence-electron chi connectivity index (χ0n) is 7.97. The van der Waals surface area contributed by atoms with Gasteiger partial charge in [0.15, 0.2) is 0 Å². The van der Waals surface area contributed by atoms with Gasteiger partial charge in [-0.2, -0.15) is 0 Å². The molecule has 0 spiro atoms. The maximum absolute atomic E-state index is 10.8. The molecule has 15 heavy (non-hydrogen) atoms. The van der Waals surface area contributed by atoms with Crippen molar-refractivity contribution >= 4 is 11.9 Å². The van der Waals surface area contributed by atoms with E-state index in [0.717, 1.165) is 11.1 Å². The van der Waals surface area contributed by atoms with Crippen molar-refractivity contribution in [3.8, 4) is 0 Å². The van der Waals surface area contributed by atoms with Crippen LogP contribution in [0.25, 0.3) is 0 Å². The Morgan fingerprint density at radius 1 is 1.20 bits per heavy atom. The summed E-state index contributed by atoms with van der Waals surface area (Å²) in [5, 5.41) is 8.38. The molecule has 0 aromatic heterocycles. The fourth-order valence-electron chi connectivity index (χ4n) is 1.80. The summed E-state index contributed by atoms with van der Waals surface area (Å²) in [6.45, 7) is 0. The molecule has 1 aliphatic carbocycles. The molecule has 0 atom stereocenters. The second kappa shape index (κ2) is 3.73. The highest BCUT2D eigenvalue weighted by molar-refractivity contribution is 6.28. The van der Waals surface area contributed by atoms with Crippen LogP contribution in [0.5, 0.6) is 0 Å². The van der Waals surface area contributed by atoms with E-state index in [1.54, 1.807) is 0 Å². The van der Waals surface area contributed by atoms with Gasteiger partial charge in [-0.15, -0.1) is 0 Å². The number of esters is 1. The van der Waals surface area contributed by atoms with Gasteiger partial charge in [-0.3, -0.25) is 0 Å². The van der Waals surface area contributed by atoms with Crippen LogP contribution in [0.4, 0.5) is 0 Å². The van der Waals surface area contributed by atoms with Crippen LogP contribution < -0.4 is 0 Å². The summed E-state index contributed by atoms with van der Waals surface area (Å²) in [4.78, 5) is 21.1. The van der Waals surface area contributed by atoms with E-state index in [0.29, 0.717) is 12.8 Å². The maximum atomic E-state index is 10.8. The van der Waals surface area contributed by atoms with Crippen molar-refractivity contribution in [3.63, 3.8) is 0 Å². The van der Waals surface area contributed by atoms with Crippen LogP contribution in [0.2, 0.25) is 0 Å². The van der Waals surface area contributed by atoms with E-state index < -0.39 is 11.9 Å². The Hall–Kier alpha value is -1.84. The molecule has 0 saturated heterocycles. The Kier molecular flexibility index (Phi) is 2.41. The van der Waals surface area contributed by atoms with Crippen LogP contribution in [0.15, 0.2) is 24.3 Å². The topological polar surface area (TPSA) is 63.6 Å².